The highest BCUT2D eigenvalue weighted by molar-refractivity contribution is 5.04. The molecule has 140 valence electrons. The zero-order valence-electron chi connectivity index (χ0n) is 16.5. The van der Waals surface area contributed by atoms with Gasteiger partial charge >= 0.3 is 0 Å². The van der Waals surface area contributed by atoms with E-state index in [9.17, 15) is 0 Å². The quantitative estimate of drug-likeness (QED) is 0.299. The summed E-state index contributed by atoms with van der Waals surface area (Å²) in [4.78, 5) is 4.33. The first-order valence-electron chi connectivity index (χ1n) is 10.6. The Bertz CT molecular complexity index is 371. The summed E-state index contributed by atoms with van der Waals surface area (Å²) < 4.78 is 4.98. The van der Waals surface area contributed by atoms with Crippen LogP contribution in [0, 0.1) is 0 Å². The molecule has 0 spiro atoms. The van der Waals surface area contributed by atoms with Crippen LogP contribution >= 0.6 is 0 Å². The summed E-state index contributed by atoms with van der Waals surface area (Å²) in [5, 5.41) is 4.12. The van der Waals surface area contributed by atoms with Crippen molar-refractivity contribution >= 4 is 0 Å². The molecule has 0 radical (unpaired) electrons. The van der Waals surface area contributed by atoms with Crippen molar-refractivity contribution < 1.29 is 4.52 Å². The molecule has 1 aromatic heterocycles. The van der Waals surface area contributed by atoms with Gasteiger partial charge in [0, 0.05) is 5.41 Å². The number of hydrogen-bond donors (Lipinski definition) is 0. The summed E-state index contributed by atoms with van der Waals surface area (Å²) in [6, 6.07) is 0. The van der Waals surface area contributed by atoms with Crippen molar-refractivity contribution in [3.63, 3.8) is 0 Å². The van der Waals surface area contributed by atoms with Gasteiger partial charge in [-0.3, -0.25) is 0 Å². The highest BCUT2D eigenvalue weighted by atomic mass is 16.5. The second-order valence-corrected chi connectivity index (χ2v) is 7.38. The smallest absolute Gasteiger partial charge is 0.213 e. The second kappa shape index (κ2) is 13.4. The van der Waals surface area contributed by atoms with Crippen molar-refractivity contribution in [2.45, 2.75) is 122 Å². The van der Waals surface area contributed by atoms with Gasteiger partial charge in [-0.05, 0) is 19.3 Å². The molecule has 0 unspecified atom stereocenters. The fourth-order valence-corrected chi connectivity index (χ4v) is 3.74. The highest BCUT2D eigenvalue weighted by Gasteiger charge is 2.32. The average molecular weight is 337 g/mol. The summed E-state index contributed by atoms with van der Waals surface area (Å²) in [7, 11) is 0. The number of aromatic nitrogens is 2. The molecule has 3 heteroatoms. The minimum Gasteiger partial charge on any atom is -0.343 e. The third kappa shape index (κ3) is 7.81. The zero-order valence-corrected chi connectivity index (χ0v) is 16.5. The Kier molecular flexibility index (Phi) is 11.9. The fourth-order valence-electron chi connectivity index (χ4n) is 3.74. The summed E-state index contributed by atoms with van der Waals surface area (Å²) in [5.41, 5.74) is 0.130. The van der Waals surface area contributed by atoms with E-state index in [0.29, 0.717) is 0 Å². The summed E-state index contributed by atoms with van der Waals surface area (Å²) in [6.07, 6.45) is 21.7. The van der Waals surface area contributed by atoms with Crippen LogP contribution in [-0.2, 0) is 5.41 Å². The Balaban J connectivity index is 2.03. The predicted molar refractivity (Wildman–Crippen MR) is 102 cm³/mol. The molecule has 0 atom stereocenters. The van der Waals surface area contributed by atoms with E-state index in [1.165, 1.54) is 89.9 Å². The van der Waals surface area contributed by atoms with E-state index in [1.807, 2.05) is 0 Å². The molecule has 0 aromatic carbocycles. The molecule has 0 aliphatic carbocycles. The monoisotopic (exact) mass is 336 g/mol. The van der Waals surface area contributed by atoms with Crippen molar-refractivity contribution in [1.82, 2.24) is 10.1 Å². The molecular formula is C21H40N2O. The first-order valence-corrected chi connectivity index (χ1v) is 10.6. The van der Waals surface area contributed by atoms with Crippen LogP contribution in [0.25, 0.3) is 0 Å². The van der Waals surface area contributed by atoms with E-state index in [0.717, 1.165) is 18.7 Å². The number of hydrogen-bond acceptors (Lipinski definition) is 3. The van der Waals surface area contributed by atoms with E-state index in [2.05, 4.69) is 30.9 Å². The van der Waals surface area contributed by atoms with Crippen LogP contribution in [0.2, 0.25) is 0 Å². The Morgan fingerprint density at radius 2 is 1.25 bits per heavy atom. The topological polar surface area (TPSA) is 38.9 Å². The first kappa shape index (κ1) is 21.2. The van der Waals surface area contributed by atoms with Crippen LogP contribution in [0.4, 0.5) is 0 Å². The molecule has 0 N–H and O–H groups in total. The van der Waals surface area contributed by atoms with Crippen LogP contribution < -0.4 is 0 Å². The molecule has 1 heterocycles. The van der Waals surface area contributed by atoms with Gasteiger partial charge in [0.05, 0.1) is 0 Å². The molecule has 0 aliphatic rings. The summed E-state index contributed by atoms with van der Waals surface area (Å²) in [5.74, 6) is 0.913. The van der Waals surface area contributed by atoms with Crippen molar-refractivity contribution in [1.29, 1.82) is 0 Å². The van der Waals surface area contributed by atoms with Crippen LogP contribution in [0.3, 0.4) is 0 Å². The van der Waals surface area contributed by atoms with Gasteiger partial charge in [-0.2, -0.15) is 4.98 Å². The van der Waals surface area contributed by atoms with Crippen LogP contribution in [0.5, 0.6) is 0 Å². The van der Waals surface area contributed by atoms with E-state index in [1.54, 1.807) is 0 Å². The zero-order chi connectivity index (χ0) is 17.5. The SMILES string of the molecule is CCCCCCCCCCCCCCC(CC)(CC)c1ncon1. The molecule has 0 amide bonds. The Morgan fingerprint density at radius 1 is 0.750 bits per heavy atom. The Labute approximate surface area is 150 Å². The lowest BCUT2D eigenvalue weighted by atomic mass is 9.77. The van der Waals surface area contributed by atoms with Gasteiger partial charge in [-0.1, -0.05) is 103 Å². The van der Waals surface area contributed by atoms with Gasteiger partial charge < -0.3 is 4.52 Å². The third-order valence-corrected chi connectivity index (χ3v) is 5.70. The third-order valence-electron chi connectivity index (χ3n) is 5.70. The Morgan fingerprint density at radius 3 is 1.67 bits per heavy atom. The number of unbranched alkanes of at least 4 members (excludes halogenated alkanes) is 11. The summed E-state index contributed by atoms with van der Waals surface area (Å²) >= 11 is 0. The largest absolute Gasteiger partial charge is 0.343 e. The van der Waals surface area contributed by atoms with Gasteiger partial charge in [0.15, 0.2) is 5.82 Å². The van der Waals surface area contributed by atoms with E-state index in [4.69, 9.17) is 4.52 Å². The van der Waals surface area contributed by atoms with Crippen molar-refractivity contribution in [3.05, 3.63) is 12.2 Å². The van der Waals surface area contributed by atoms with E-state index < -0.39 is 0 Å². The van der Waals surface area contributed by atoms with E-state index >= 15 is 0 Å². The van der Waals surface area contributed by atoms with Crippen LogP contribution in [-0.4, -0.2) is 10.1 Å². The standard InChI is InChI=1S/C21H40N2O/c1-4-7-8-9-10-11-12-13-14-15-16-17-18-21(5-2,6-3)20-22-19-24-23-20/h19H,4-18H2,1-3H3. The second-order valence-electron chi connectivity index (χ2n) is 7.38. The van der Waals surface area contributed by atoms with Gasteiger partial charge in [0.1, 0.15) is 0 Å². The molecule has 0 fully saturated rings. The molecule has 0 saturated carbocycles. The molecule has 3 nitrogen and oxygen atoms in total. The lowest BCUT2D eigenvalue weighted by molar-refractivity contribution is 0.308. The van der Waals surface area contributed by atoms with Crippen LogP contribution in [0.15, 0.2) is 10.9 Å². The van der Waals surface area contributed by atoms with Crippen LogP contribution in [0.1, 0.15) is 123 Å². The van der Waals surface area contributed by atoms with Gasteiger partial charge in [0.25, 0.3) is 0 Å². The molecule has 0 bridgehead atoms. The maximum Gasteiger partial charge on any atom is 0.213 e. The molecule has 0 saturated heterocycles. The molecule has 1 aromatic rings. The van der Waals surface area contributed by atoms with Gasteiger partial charge in [-0.15, -0.1) is 0 Å². The average Bonchev–Trinajstić information content (AvgIpc) is 3.15. The van der Waals surface area contributed by atoms with Crippen molar-refractivity contribution in [2.75, 3.05) is 0 Å². The molecule has 1 rings (SSSR count). The lowest BCUT2D eigenvalue weighted by Crippen LogP contribution is -2.26. The van der Waals surface area contributed by atoms with Crippen molar-refractivity contribution in [3.8, 4) is 0 Å². The predicted octanol–water partition coefficient (Wildman–Crippen LogP) is 7.22. The maximum atomic E-state index is 4.98. The highest BCUT2D eigenvalue weighted by Crippen LogP contribution is 2.34. The summed E-state index contributed by atoms with van der Waals surface area (Å²) in [6.45, 7) is 6.79. The molecular weight excluding hydrogens is 296 g/mol. The van der Waals surface area contributed by atoms with Gasteiger partial charge in [0.2, 0.25) is 6.39 Å². The lowest BCUT2D eigenvalue weighted by Gasteiger charge is -2.28. The fraction of sp³-hybridized carbons (Fsp3) is 0.905. The van der Waals surface area contributed by atoms with E-state index in [-0.39, 0.29) is 5.41 Å². The van der Waals surface area contributed by atoms with Crippen molar-refractivity contribution in [2.24, 2.45) is 0 Å². The Hall–Kier alpha value is -0.860. The van der Waals surface area contributed by atoms with Gasteiger partial charge in [-0.25, -0.2) is 0 Å². The maximum absolute atomic E-state index is 4.98. The normalized spacial score (nSPS) is 12.0. The molecule has 0 aliphatic heterocycles. The molecule has 24 heavy (non-hydrogen) atoms. The minimum atomic E-state index is 0.130. The number of nitrogens with zero attached hydrogens (tertiary/aromatic N) is 2. The first-order chi connectivity index (χ1) is 11.8. The minimum absolute atomic E-state index is 0.130. The number of rotatable bonds is 16.